The smallest absolute Gasteiger partial charge is 0.0783 e. The van der Waals surface area contributed by atoms with E-state index in [1.165, 1.54) is 49.3 Å². The normalized spacial score (nSPS) is 16.4. The van der Waals surface area contributed by atoms with Crippen LogP contribution in [0.15, 0.2) is 78.9 Å². The molecule has 1 aliphatic carbocycles. The molecule has 29 heavy (non-hydrogen) atoms. The third-order valence-electron chi connectivity index (χ3n) is 5.87. The second kappa shape index (κ2) is 6.97. The lowest BCUT2D eigenvalue weighted by Gasteiger charge is -2.15. The van der Waals surface area contributed by atoms with Crippen LogP contribution in [-0.2, 0) is 0 Å². The highest BCUT2D eigenvalue weighted by Crippen LogP contribution is 2.39. The molecule has 3 aromatic carbocycles. The van der Waals surface area contributed by atoms with Gasteiger partial charge in [-0.15, -0.1) is 0 Å². The highest BCUT2D eigenvalue weighted by molar-refractivity contribution is 6.23. The summed E-state index contributed by atoms with van der Waals surface area (Å²) in [5.74, 6) is 0.606. The molecular weight excluding hydrogens is 352 g/mol. The first-order valence-corrected chi connectivity index (χ1v) is 10.6. The monoisotopic (exact) mass is 378 g/mol. The first-order valence-electron chi connectivity index (χ1n) is 10.6. The summed E-state index contributed by atoms with van der Waals surface area (Å²) >= 11 is 0. The number of para-hydroxylation sites is 2. The van der Waals surface area contributed by atoms with E-state index in [2.05, 4.69) is 95.4 Å². The van der Waals surface area contributed by atoms with Crippen molar-refractivity contribution in [1.29, 1.82) is 0 Å². The van der Waals surface area contributed by atoms with Crippen molar-refractivity contribution in [3.8, 4) is 0 Å². The van der Waals surface area contributed by atoms with Crippen molar-refractivity contribution in [3.05, 3.63) is 78.9 Å². The number of rotatable bonds is 1. The molecule has 2 heterocycles. The second-order valence-corrected chi connectivity index (χ2v) is 7.61. The highest BCUT2D eigenvalue weighted by Gasteiger charge is 2.18. The molecule has 144 valence electrons. The minimum atomic E-state index is 0.606. The van der Waals surface area contributed by atoms with E-state index >= 15 is 0 Å². The van der Waals surface area contributed by atoms with E-state index in [1.54, 1.807) is 0 Å². The molecule has 0 saturated carbocycles. The molecule has 0 amide bonds. The topological polar surface area (TPSA) is 20.7 Å². The maximum atomic E-state index is 3.70. The number of allylic oxidation sites excluding steroid dienone is 4. The van der Waals surface area contributed by atoms with Crippen molar-refractivity contribution in [2.75, 3.05) is 0 Å². The molecule has 5 aromatic rings. The summed E-state index contributed by atoms with van der Waals surface area (Å²) in [6, 6.07) is 21.9. The van der Waals surface area contributed by atoms with Crippen LogP contribution in [0, 0.1) is 5.92 Å². The van der Waals surface area contributed by atoms with Crippen molar-refractivity contribution in [2.24, 2.45) is 5.92 Å². The van der Waals surface area contributed by atoms with Crippen LogP contribution in [0.2, 0.25) is 0 Å². The number of hydrogen-bond donors (Lipinski definition) is 1. The fourth-order valence-corrected chi connectivity index (χ4v) is 4.52. The van der Waals surface area contributed by atoms with Gasteiger partial charge in [-0.3, -0.25) is 0 Å². The summed E-state index contributed by atoms with van der Waals surface area (Å²) in [6.07, 6.45) is 8.06. The molecule has 2 nitrogen and oxygen atoms in total. The average molecular weight is 379 g/mol. The van der Waals surface area contributed by atoms with Crippen LogP contribution < -0.4 is 0 Å². The van der Waals surface area contributed by atoms with Gasteiger partial charge in [-0.2, -0.15) is 0 Å². The Labute approximate surface area is 171 Å². The Hall–Kier alpha value is -3.26. The summed E-state index contributed by atoms with van der Waals surface area (Å²) in [4.78, 5) is 3.70. The number of H-pyrrole nitrogens is 1. The summed E-state index contributed by atoms with van der Waals surface area (Å²) in [7, 11) is 0. The van der Waals surface area contributed by atoms with Crippen molar-refractivity contribution >= 4 is 49.3 Å². The molecule has 2 heteroatoms. The van der Waals surface area contributed by atoms with Gasteiger partial charge in [0, 0.05) is 32.8 Å². The minimum absolute atomic E-state index is 0.606. The van der Waals surface area contributed by atoms with Crippen molar-refractivity contribution in [2.45, 2.75) is 27.2 Å². The first kappa shape index (κ1) is 17.8. The summed E-state index contributed by atoms with van der Waals surface area (Å²) in [5, 5.41) is 5.18. The zero-order valence-corrected chi connectivity index (χ0v) is 17.2. The quantitative estimate of drug-likeness (QED) is 0.306. The van der Waals surface area contributed by atoms with Gasteiger partial charge in [0.25, 0.3) is 0 Å². The molecule has 1 atom stereocenters. The summed E-state index contributed by atoms with van der Waals surface area (Å²) < 4.78 is 2.44. The standard InChI is InChI=1S/C25H20N2.C2H6/c1-16-10-12-17(13-11-16)27-23-9-5-3-7-19(23)21-15-14-20-18-6-2-4-8-22(18)26-24(20)25(21)27;1-2/h2-10,12-16,26H,11H2,1H3;1-2H3. The van der Waals surface area contributed by atoms with Gasteiger partial charge in [0.15, 0.2) is 0 Å². The molecule has 0 saturated heterocycles. The number of fused-ring (bicyclic) bond motifs is 7. The predicted octanol–water partition coefficient (Wildman–Crippen LogP) is 7.89. The Morgan fingerprint density at radius 1 is 0.828 bits per heavy atom. The molecule has 0 fully saturated rings. The number of nitrogens with one attached hydrogen (secondary N) is 1. The van der Waals surface area contributed by atoms with Crippen LogP contribution in [0.4, 0.5) is 0 Å². The Bertz CT molecular complexity index is 1410. The van der Waals surface area contributed by atoms with Gasteiger partial charge in [-0.05, 0) is 30.5 Å². The van der Waals surface area contributed by atoms with E-state index in [0.29, 0.717) is 5.92 Å². The van der Waals surface area contributed by atoms with Gasteiger partial charge in [0.05, 0.1) is 16.6 Å². The molecule has 1 aliphatic rings. The van der Waals surface area contributed by atoms with Gasteiger partial charge in [-0.25, -0.2) is 0 Å². The molecular formula is C27H26N2. The zero-order valence-electron chi connectivity index (χ0n) is 17.2. The van der Waals surface area contributed by atoms with Gasteiger partial charge in [-0.1, -0.05) is 81.5 Å². The molecule has 1 N–H and O–H groups in total. The van der Waals surface area contributed by atoms with Crippen LogP contribution in [0.5, 0.6) is 0 Å². The van der Waals surface area contributed by atoms with Gasteiger partial charge >= 0.3 is 0 Å². The largest absolute Gasteiger partial charge is 0.353 e. The van der Waals surface area contributed by atoms with Crippen LogP contribution in [-0.4, -0.2) is 9.55 Å². The lowest BCUT2D eigenvalue weighted by Crippen LogP contribution is -2.01. The second-order valence-electron chi connectivity index (χ2n) is 7.61. The third kappa shape index (κ3) is 2.63. The Balaban J connectivity index is 0.000000882. The minimum Gasteiger partial charge on any atom is -0.353 e. The molecule has 2 aromatic heterocycles. The van der Waals surface area contributed by atoms with Gasteiger partial charge in [0.1, 0.15) is 0 Å². The third-order valence-corrected chi connectivity index (χ3v) is 5.87. The Kier molecular flexibility index (Phi) is 4.28. The molecule has 6 rings (SSSR count). The van der Waals surface area contributed by atoms with Crippen LogP contribution in [0.25, 0.3) is 49.3 Å². The predicted molar refractivity (Wildman–Crippen MR) is 127 cm³/mol. The van der Waals surface area contributed by atoms with E-state index in [-0.39, 0.29) is 0 Å². The van der Waals surface area contributed by atoms with E-state index in [9.17, 15) is 0 Å². The highest BCUT2D eigenvalue weighted by atomic mass is 15.0. The van der Waals surface area contributed by atoms with Gasteiger partial charge in [0.2, 0.25) is 0 Å². The van der Waals surface area contributed by atoms with E-state index in [1.807, 2.05) is 13.8 Å². The maximum absolute atomic E-state index is 3.70. The van der Waals surface area contributed by atoms with E-state index in [4.69, 9.17) is 0 Å². The number of aromatic amines is 1. The molecule has 0 bridgehead atoms. The fourth-order valence-electron chi connectivity index (χ4n) is 4.52. The Morgan fingerprint density at radius 3 is 2.34 bits per heavy atom. The lowest BCUT2D eigenvalue weighted by atomic mass is 10.0. The first-order chi connectivity index (χ1) is 14.3. The average Bonchev–Trinajstić information content (AvgIpc) is 3.32. The van der Waals surface area contributed by atoms with Crippen molar-refractivity contribution < 1.29 is 0 Å². The van der Waals surface area contributed by atoms with Gasteiger partial charge < -0.3 is 9.55 Å². The van der Waals surface area contributed by atoms with Crippen molar-refractivity contribution in [1.82, 2.24) is 9.55 Å². The summed E-state index contributed by atoms with van der Waals surface area (Å²) in [5.41, 5.74) is 6.22. The maximum Gasteiger partial charge on any atom is 0.0783 e. The molecule has 1 unspecified atom stereocenters. The number of hydrogen-bond acceptors (Lipinski definition) is 0. The summed E-state index contributed by atoms with van der Waals surface area (Å²) in [6.45, 7) is 6.27. The van der Waals surface area contributed by atoms with Crippen LogP contribution >= 0.6 is 0 Å². The zero-order chi connectivity index (χ0) is 20.0. The fraction of sp³-hybridized carbons (Fsp3) is 0.185. The molecule has 0 spiro atoms. The molecule has 0 radical (unpaired) electrons. The van der Waals surface area contributed by atoms with Crippen molar-refractivity contribution in [3.63, 3.8) is 0 Å². The van der Waals surface area contributed by atoms with E-state index in [0.717, 1.165) is 6.42 Å². The SMILES string of the molecule is CC.CC1C=CC(n2c3ccccc3c3ccc4c5ccccc5[nH]c4c32)=CC1. The Morgan fingerprint density at radius 2 is 1.55 bits per heavy atom. The lowest BCUT2D eigenvalue weighted by molar-refractivity contribution is 0.735. The van der Waals surface area contributed by atoms with Crippen LogP contribution in [0.3, 0.4) is 0 Å². The number of nitrogens with zero attached hydrogens (tertiary/aromatic N) is 1. The molecule has 0 aliphatic heterocycles. The van der Waals surface area contributed by atoms with Crippen LogP contribution in [0.1, 0.15) is 27.2 Å². The number of benzene rings is 3. The number of aromatic nitrogens is 2. The van der Waals surface area contributed by atoms with E-state index < -0.39 is 0 Å².